The molecule has 2 N–H and O–H groups in total. The number of rotatable bonds is 9. The number of fused-ring (bicyclic) bond motifs is 3. The van der Waals surface area contributed by atoms with Gasteiger partial charge in [-0.15, -0.1) is 0 Å². The first kappa shape index (κ1) is 26.4. The van der Waals surface area contributed by atoms with Crippen LogP contribution in [0, 0.1) is 11.6 Å². The van der Waals surface area contributed by atoms with Crippen LogP contribution in [0.15, 0.2) is 72.9 Å². The second-order valence-electron chi connectivity index (χ2n) is 10.0. The number of nitrogens with one attached hydrogen (secondary N) is 2. The number of anilines is 2. The maximum atomic E-state index is 14.0. The number of nitrogens with zero attached hydrogens (tertiary/aromatic N) is 3. The first-order chi connectivity index (χ1) is 18.9. The van der Waals surface area contributed by atoms with Crippen LogP contribution in [-0.2, 0) is 6.42 Å². The third-order valence-electron chi connectivity index (χ3n) is 6.96. The van der Waals surface area contributed by atoms with Crippen molar-refractivity contribution in [1.82, 2.24) is 14.9 Å². The lowest BCUT2D eigenvalue weighted by atomic mass is 9.78. The molecule has 3 aromatic carbocycles. The van der Waals surface area contributed by atoms with E-state index in [9.17, 15) is 13.6 Å². The van der Waals surface area contributed by atoms with Gasteiger partial charge in [-0.05, 0) is 80.9 Å². The molecule has 5 rings (SSSR count). The Morgan fingerprint density at radius 3 is 2.59 bits per heavy atom. The molecule has 1 unspecified atom stereocenters. The highest BCUT2D eigenvalue weighted by Crippen LogP contribution is 2.42. The van der Waals surface area contributed by atoms with E-state index >= 15 is 0 Å². The topological polar surface area (TPSA) is 70.2 Å². The Bertz CT molecular complexity index is 1470. The van der Waals surface area contributed by atoms with E-state index in [2.05, 4.69) is 46.7 Å². The fourth-order valence-corrected chi connectivity index (χ4v) is 4.95. The van der Waals surface area contributed by atoms with Gasteiger partial charge in [0.1, 0.15) is 0 Å². The molecule has 0 saturated carbocycles. The summed E-state index contributed by atoms with van der Waals surface area (Å²) in [6.07, 6.45) is 4.82. The molecule has 0 spiro atoms. The Balaban J connectivity index is 1.31. The molecule has 4 aromatic rings. The van der Waals surface area contributed by atoms with Crippen molar-refractivity contribution in [3.05, 3.63) is 107 Å². The van der Waals surface area contributed by atoms with Crippen LogP contribution in [0.4, 0.5) is 20.4 Å². The van der Waals surface area contributed by atoms with E-state index in [4.69, 9.17) is 4.98 Å². The molecule has 39 heavy (non-hydrogen) atoms. The highest BCUT2D eigenvalue weighted by atomic mass is 19.2. The van der Waals surface area contributed by atoms with Crippen LogP contribution in [0.5, 0.6) is 0 Å². The number of halogens is 2. The van der Waals surface area contributed by atoms with Crippen LogP contribution in [0.3, 0.4) is 0 Å². The predicted molar refractivity (Wildman–Crippen MR) is 150 cm³/mol. The summed E-state index contributed by atoms with van der Waals surface area (Å²) >= 11 is 0. The minimum atomic E-state index is -1.16. The van der Waals surface area contributed by atoms with Crippen LogP contribution in [-0.4, -0.2) is 48.0 Å². The zero-order chi connectivity index (χ0) is 27.4. The number of hydrogen-bond donors (Lipinski definition) is 2. The fourth-order valence-electron chi connectivity index (χ4n) is 4.95. The Morgan fingerprint density at radius 2 is 1.79 bits per heavy atom. The van der Waals surface area contributed by atoms with Crippen molar-refractivity contribution < 1.29 is 13.6 Å². The highest BCUT2D eigenvalue weighted by Gasteiger charge is 2.27. The van der Waals surface area contributed by atoms with Gasteiger partial charge in [0.25, 0.3) is 5.91 Å². The van der Waals surface area contributed by atoms with Crippen molar-refractivity contribution in [1.29, 1.82) is 0 Å². The lowest BCUT2D eigenvalue weighted by molar-refractivity contribution is 0.102. The van der Waals surface area contributed by atoms with E-state index < -0.39 is 17.5 Å². The molecule has 1 aliphatic rings. The average molecular weight is 528 g/mol. The summed E-state index contributed by atoms with van der Waals surface area (Å²) in [7, 11) is 4.16. The molecular formula is C31H31F2N5O. The Labute approximate surface area is 227 Å². The van der Waals surface area contributed by atoms with Gasteiger partial charge in [0.05, 0.1) is 11.3 Å². The van der Waals surface area contributed by atoms with E-state index in [-0.39, 0.29) is 11.5 Å². The fraction of sp³-hybridized carbons (Fsp3) is 0.258. The van der Waals surface area contributed by atoms with Gasteiger partial charge >= 0.3 is 0 Å². The molecule has 0 aliphatic heterocycles. The quantitative estimate of drug-likeness (QED) is 0.257. The van der Waals surface area contributed by atoms with Crippen LogP contribution < -0.4 is 10.6 Å². The summed E-state index contributed by atoms with van der Waals surface area (Å²) in [5, 5.41) is 6.02. The molecule has 1 aliphatic carbocycles. The van der Waals surface area contributed by atoms with E-state index in [0.29, 0.717) is 11.6 Å². The summed E-state index contributed by atoms with van der Waals surface area (Å²) in [5.74, 6) is -2.18. The molecule has 0 radical (unpaired) electrons. The molecule has 1 amide bonds. The van der Waals surface area contributed by atoms with Gasteiger partial charge in [0, 0.05) is 29.9 Å². The number of carbonyl (C=O) groups excluding carboxylic acids is 1. The number of amides is 1. The van der Waals surface area contributed by atoms with Crippen molar-refractivity contribution in [2.45, 2.75) is 25.2 Å². The van der Waals surface area contributed by atoms with Crippen LogP contribution in [0.2, 0.25) is 0 Å². The van der Waals surface area contributed by atoms with Crippen molar-refractivity contribution in [2.75, 3.05) is 37.8 Å². The third-order valence-corrected chi connectivity index (χ3v) is 6.96. The predicted octanol–water partition coefficient (Wildman–Crippen LogP) is 6.12. The van der Waals surface area contributed by atoms with Crippen LogP contribution >= 0.6 is 0 Å². The summed E-state index contributed by atoms with van der Waals surface area (Å²) < 4.78 is 27.5. The van der Waals surface area contributed by atoms with E-state index in [1.165, 1.54) is 17.7 Å². The molecule has 0 fully saturated rings. The maximum Gasteiger partial charge on any atom is 0.258 e. The van der Waals surface area contributed by atoms with Gasteiger partial charge in [-0.3, -0.25) is 4.79 Å². The Morgan fingerprint density at radius 1 is 1.00 bits per heavy atom. The first-order valence-corrected chi connectivity index (χ1v) is 13.1. The van der Waals surface area contributed by atoms with E-state index in [1.54, 1.807) is 12.1 Å². The minimum absolute atomic E-state index is 0.0903. The van der Waals surface area contributed by atoms with Crippen molar-refractivity contribution >= 4 is 17.5 Å². The number of carbonyl (C=O) groups is 1. The van der Waals surface area contributed by atoms with Crippen LogP contribution in [0.1, 0.15) is 45.8 Å². The number of unbranched alkanes of at least 4 members (excludes halogenated alkanes) is 1. The molecule has 200 valence electrons. The second kappa shape index (κ2) is 11.7. The van der Waals surface area contributed by atoms with E-state index in [1.807, 2.05) is 30.5 Å². The SMILES string of the molecule is CN(C)CCCCNc1ncc2c(n1)-c1ccccc1C(c1ccc(NC(=O)c3cccc(F)c3F)cc1)C2. The zero-order valence-corrected chi connectivity index (χ0v) is 22.0. The normalized spacial score (nSPS) is 14.0. The lowest BCUT2D eigenvalue weighted by Gasteiger charge is -2.27. The molecular weight excluding hydrogens is 496 g/mol. The van der Waals surface area contributed by atoms with Gasteiger partial charge in [-0.1, -0.05) is 42.5 Å². The number of hydrogen-bond acceptors (Lipinski definition) is 5. The molecule has 0 saturated heterocycles. The molecule has 0 bridgehead atoms. The van der Waals surface area contributed by atoms with E-state index in [0.717, 1.165) is 60.8 Å². The molecule has 1 atom stereocenters. The molecule has 8 heteroatoms. The summed E-state index contributed by atoms with van der Waals surface area (Å²) in [6, 6.07) is 19.3. The van der Waals surface area contributed by atoms with Crippen molar-refractivity contribution in [3.63, 3.8) is 0 Å². The standard InChI is InChI=1S/C31H31F2N5O/c1-38(2)17-6-5-16-34-31-35-19-21-18-26(23-8-3-4-9-24(23)29(21)37-31)20-12-14-22(15-13-20)36-30(39)25-10-7-11-27(32)28(25)33/h3-4,7-15,19,26H,5-6,16-18H2,1-2H3,(H,36,39)(H,34,35,37). The smallest absolute Gasteiger partial charge is 0.258 e. The van der Waals surface area contributed by atoms with Gasteiger partial charge in [0.15, 0.2) is 11.6 Å². The highest BCUT2D eigenvalue weighted by molar-refractivity contribution is 6.04. The monoisotopic (exact) mass is 527 g/mol. The van der Waals surface area contributed by atoms with Gasteiger partial charge < -0.3 is 15.5 Å². The van der Waals surface area contributed by atoms with Crippen molar-refractivity contribution in [2.24, 2.45) is 0 Å². The average Bonchev–Trinajstić information content (AvgIpc) is 2.94. The zero-order valence-electron chi connectivity index (χ0n) is 22.0. The number of aromatic nitrogens is 2. The van der Waals surface area contributed by atoms with Gasteiger partial charge in [-0.25, -0.2) is 18.7 Å². The maximum absolute atomic E-state index is 14.0. The Hall–Kier alpha value is -4.17. The second-order valence-corrected chi connectivity index (χ2v) is 10.0. The largest absolute Gasteiger partial charge is 0.354 e. The van der Waals surface area contributed by atoms with Crippen molar-refractivity contribution in [3.8, 4) is 11.3 Å². The number of benzene rings is 3. The minimum Gasteiger partial charge on any atom is -0.354 e. The molecule has 1 heterocycles. The summed E-state index contributed by atoms with van der Waals surface area (Å²) in [6.45, 7) is 1.88. The van der Waals surface area contributed by atoms with Gasteiger partial charge in [0.2, 0.25) is 5.95 Å². The van der Waals surface area contributed by atoms with Gasteiger partial charge in [-0.2, -0.15) is 0 Å². The summed E-state index contributed by atoms with van der Waals surface area (Å²) in [5.41, 5.74) is 5.54. The summed E-state index contributed by atoms with van der Waals surface area (Å²) in [4.78, 5) is 24.1. The molecule has 6 nitrogen and oxygen atoms in total. The molecule has 1 aromatic heterocycles. The van der Waals surface area contributed by atoms with Crippen LogP contribution in [0.25, 0.3) is 11.3 Å². The first-order valence-electron chi connectivity index (χ1n) is 13.1. The lowest BCUT2D eigenvalue weighted by Crippen LogP contribution is -2.17. The third kappa shape index (κ3) is 5.96. The Kier molecular flexibility index (Phi) is 7.93.